The zero-order chi connectivity index (χ0) is 23.7. The molecule has 1 aliphatic carbocycles. The standard InChI is InChI=1S/C26H27ClN6O/c1-4-28-24-19-12-13-26(2,17-8-6-5-7-9-17)23(19)31-25(32-24)30-18-10-11-20(21(14-18)34-3)33-15-22(27)29-16-33/h5-11,14-16H,4,12-13H2,1-3H3,(H2,28,30,31,32). The molecule has 1 aliphatic rings. The molecule has 0 spiro atoms. The van der Waals surface area contributed by atoms with Gasteiger partial charge in [0.25, 0.3) is 0 Å². The van der Waals surface area contributed by atoms with Crippen molar-refractivity contribution in [2.75, 3.05) is 24.3 Å². The first-order valence-electron chi connectivity index (χ1n) is 11.4. The van der Waals surface area contributed by atoms with E-state index in [-0.39, 0.29) is 5.41 Å². The number of nitrogens with zero attached hydrogens (tertiary/aromatic N) is 4. The number of hydrogen-bond donors (Lipinski definition) is 2. The monoisotopic (exact) mass is 474 g/mol. The van der Waals surface area contributed by atoms with Crippen molar-refractivity contribution < 1.29 is 4.74 Å². The van der Waals surface area contributed by atoms with Gasteiger partial charge in [-0.05, 0) is 44.4 Å². The Kier molecular flexibility index (Phi) is 5.87. The van der Waals surface area contributed by atoms with E-state index >= 15 is 0 Å². The summed E-state index contributed by atoms with van der Waals surface area (Å²) in [6.45, 7) is 5.15. The minimum absolute atomic E-state index is 0.164. The number of aromatic nitrogens is 4. The fourth-order valence-electron chi connectivity index (χ4n) is 4.66. The SMILES string of the molecule is CCNc1nc(Nc2ccc(-n3cnc(Cl)c3)c(OC)c2)nc2c1CCC2(C)c1ccccc1. The lowest BCUT2D eigenvalue weighted by Gasteiger charge is -2.26. The highest BCUT2D eigenvalue weighted by Crippen LogP contribution is 2.45. The number of benzene rings is 2. The van der Waals surface area contributed by atoms with Crippen LogP contribution in [0.3, 0.4) is 0 Å². The van der Waals surface area contributed by atoms with E-state index in [2.05, 4.69) is 59.8 Å². The smallest absolute Gasteiger partial charge is 0.229 e. The third-order valence-corrected chi connectivity index (χ3v) is 6.62. The van der Waals surface area contributed by atoms with Gasteiger partial charge in [-0.2, -0.15) is 4.98 Å². The van der Waals surface area contributed by atoms with Crippen LogP contribution in [-0.2, 0) is 11.8 Å². The Labute approximate surface area is 204 Å². The van der Waals surface area contributed by atoms with Crippen LogP contribution in [0.5, 0.6) is 5.75 Å². The molecule has 0 radical (unpaired) electrons. The van der Waals surface area contributed by atoms with E-state index in [0.29, 0.717) is 16.9 Å². The Hall–Kier alpha value is -3.58. The Morgan fingerprint density at radius 2 is 1.97 bits per heavy atom. The van der Waals surface area contributed by atoms with Crippen molar-refractivity contribution in [3.63, 3.8) is 0 Å². The zero-order valence-electron chi connectivity index (χ0n) is 19.5. The first-order chi connectivity index (χ1) is 16.5. The molecule has 0 aliphatic heterocycles. The molecule has 2 heterocycles. The third kappa shape index (κ3) is 3.96. The van der Waals surface area contributed by atoms with Crippen LogP contribution in [0.4, 0.5) is 17.5 Å². The summed E-state index contributed by atoms with van der Waals surface area (Å²) >= 11 is 5.99. The summed E-state index contributed by atoms with van der Waals surface area (Å²) in [5, 5.41) is 7.25. The number of halogens is 1. The van der Waals surface area contributed by atoms with E-state index in [0.717, 1.165) is 42.3 Å². The predicted octanol–water partition coefficient (Wildman–Crippen LogP) is 5.75. The van der Waals surface area contributed by atoms with Gasteiger partial charge in [0.05, 0.1) is 18.5 Å². The minimum Gasteiger partial charge on any atom is -0.494 e. The van der Waals surface area contributed by atoms with Gasteiger partial charge in [0.15, 0.2) is 0 Å². The first kappa shape index (κ1) is 22.2. The Balaban J connectivity index is 1.53. The van der Waals surface area contributed by atoms with Crippen molar-refractivity contribution in [2.24, 2.45) is 0 Å². The Morgan fingerprint density at radius 3 is 2.68 bits per heavy atom. The van der Waals surface area contributed by atoms with Gasteiger partial charge in [-0.3, -0.25) is 0 Å². The molecule has 7 nitrogen and oxygen atoms in total. The fourth-order valence-corrected chi connectivity index (χ4v) is 4.80. The van der Waals surface area contributed by atoms with Crippen LogP contribution < -0.4 is 15.4 Å². The molecule has 174 valence electrons. The lowest BCUT2D eigenvalue weighted by atomic mass is 9.80. The molecule has 2 aromatic heterocycles. The largest absolute Gasteiger partial charge is 0.494 e. The van der Waals surface area contributed by atoms with E-state index in [4.69, 9.17) is 26.3 Å². The molecular formula is C26H27ClN6O. The maximum absolute atomic E-state index is 5.99. The van der Waals surface area contributed by atoms with E-state index in [1.165, 1.54) is 11.1 Å². The lowest BCUT2D eigenvalue weighted by molar-refractivity contribution is 0.413. The minimum atomic E-state index is -0.164. The number of imidazole rings is 1. The van der Waals surface area contributed by atoms with Crippen LogP contribution in [0.1, 0.15) is 37.1 Å². The molecule has 0 saturated heterocycles. The number of nitrogens with one attached hydrogen (secondary N) is 2. The molecule has 0 amide bonds. The number of methoxy groups -OCH3 is 1. The van der Waals surface area contributed by atoms with Crippen molar-refractivity contribution in [1.82, 2.24) is 19.5 Å². The maximum atomic E-state index is 5.99. The summed E-state index contributed by atoms with van der Waals surface area (Å²) in [5.74, 6) is 2.13. The molecule has 0 bridgehead atoms. The van der Waals surface area contributed by atoms with Gasteiger partial charge in [0.2, 0.25) is 5.95 Å². The van der Waals surface area contributed by atoms with Crippen molar-refractivity contribution in [1.29, 1.82) is 0 Å². The van der Waals surface area contributed by atoms with Gasteiger partial charge < -0.3 is 19.9 Å². The van der Waals surface area contributed by atoms with Gasteiger partial charge in [0, 0.05) is 35.5 Å². The van der Waals surface area contributed by atoms with Crippen molar-refractivity contribution >= 4 is 29.1 Å². The van der Waals surface area contributed by atoms with Gasteiger partial charge in [0.1, 0.15) is 23.0 Å². The fraction of sp³-hybridized carbons (Fsp3) is 0.269. The van der Waals surface area contributed by atoms with Crippen LogP contribution in [0.15, 0.2) is 61.1 Å². The predicted molar refractivity (Wildman–Crippen MR) is 136 cm³/mol. The van der Waals surface area contributed by atoms with E-state index < -0.39 is 0 Å². The highest BCUT2D eigenvalue weighted by Gasteiger charge is 2.39. The van der Waals surface area contributed by atoms with Gasteiger partial charge in [-0.1, -0.05) is 41.9 Å². The first-order valence-corrected chi connectivity index (χ1v) is 11.8. The summed E-state index contributed by atoms with van der Waals surface area (Å²) in [5.41, 5.74) is 5.04. The highest BCUT2D eigenvalue weighted by atomic mass is 35.5. The summed E-state index contributed by atoms with van der Waals surface area (Å²) in [4.78, 5) is 13.9. The summed E-state index contributed by atoms with van der Waals surface area (Å²) in [6, 6.07) is 16.4. The average molecular weight is 475 g/mol. The molecule has 1 unspecified atom stereocenters. The quantitative estimate of drug-likeness (QED) is 0.355. The molecule has 0 saturated carbocycles. The average Bonchev–Trinajstić information content (AvgIpc) is 3.44. The van der Waals surface area contributed by atoms with Crippen LogP contribution in [-0.4, -0.2) is 33.2 Å². The molecule has 5 rings (SSSR count). The second kappa shape index (κ2) is 8.99. The van der Waals surface area contributed by atoms with Gasteiger partial charge >= 0.3 is 0 Å². The van der Waals surface area contributed by atoms with Crippen LogP contribution in [0.25, 0.3) is 5.69 Å². The summed E-state index contributed by atoms with van der Waals surface area (Å²) in [7, 11) is 1.64. The molecular weight excluding hydrogens is 448 g/mol. The zero-order valence-corrected chi connectivity index (χ0v) is 20.2. The molecule has 4 aromatic rings. The normalized spacial score (nSPS) is 16.8. The Bertz CT molecular complexity index is 1320. The molecule has 0 fully saturated rings. The van der Waals surface area contributed by atoms with Crippen LogP contribution in [0.2, 0.25) is 5.15 Å². The second-order valence-electron chi connectivity index (χ2n) is 8.57. The van der Waals surface area contributed by atoms with E-state index in [9.17, 15) is 0 Å². The van der Waals surface area contributed by atoms with Crippen LogP contribution in [0, 0.1) is 0 Å². The molecule has 1 atom stereocenters. The van der Waals surface area contributed by atoms with Gasteiger partial charge in [-0.15, -0.1) is 0 Å². The van der Waals surface area contributed by atoms with Gasteiger partial charge in [-0.25, -0.2) is 9.97 Å². The number of fused-ring (bicyclic) bond motifs is 1. The number of ether oxygens (including phenoxy) is 1. The summed E-state index contributed by atoms with van der Waals surface area (Å²) in [6.07, 6.45) is 5.34. The third-order valence-electron chi connectivity index (χ3n) is 6.43. The van der Waals surface area contributed by atoms with Crippen molar-refractivity contribution in [3.05, 3.63) is 83.0 Å². The lowest BCUT2D eigenvalue weighted by Crippen LogP contribution is -2.22. The van der Waals surface area contributed by atoms with Crippen LogP contribution >= 0.6 is 11.6 Å². The molecule has 34 heavy (non-hydrogen) atoms. The molecule has 2 aromatic carbocycles. The van der Waals surface area contributed by atoms with E-state index in [1.807, 2.05) is 22.8 Å². The molecule has 2 N–H and O–H groups in total. The van der Waals surface area contributed by atoms with Crippen molar-refractivity contribution in [2.45, 2.75) is 32.1 Å². The second-order valence-corrected chi connectivity index (χ2v) is 8.95. The number of anilines is 3. The van der Waals surface area contributed by atoms with E-state index in [1.54, 1.807) is 19.6 Å². The highest BCUT2D eigenvalue weighted by molar-refractivity contribution is 6.29. The maximum Gasteiger partial charge on any atom is 0.229 e. The Morgan fingerprint density at radius 1 is 1.15 bits per heavy atom. The number of hydrogen-bond acceptors (Lipinski definition) is 6. The topological polar surface area (TPSA) is 76.9 Å². The number of rotatable bonds is 7. The van der Waals surface area contributed by atoms with Crippen molar-refractivity contribution in [3.8, 4) is 11.4 Å². The molecule has 8 heteroatoms. The summed E-state index contributed by atoms with van der Waals surface area (Å²) < 4.78 is 7.45.